The predicted molar refractivity (Wildman–Crippen MR) is 73.9 cm³/mol. The number of hydrogen-bond acceptors (Lipinski definition) is 3. The van der Waals surface area contributed by atoms with Gasteiger partial charge in [-0.25, -0.2) is 0 Å². The molecule has 4 nitrogen and oxygen atoms in total. The highest BCUT2D eigenvalue weighted by atomic mass is 16.3. The third kappa shape index (κ3) is 3.47. The number of nitrogens with one attached hydrogen (secondary N) is 1. The number of aromatic amines is 1. The van der Waals surface area contributed by atoms with Crippen LogP contribution in [0.25, 0.3) is 0 Å². The molecule has 2 aromatic rings. The molecule has 4 heteroatoms. The van der Waals surface area contributed by atoms with Gasteiger partial charge in [-0.2, -0.15) is 5.10 Å². The van der Waals surface area contributed by atoms with E-state index in [1.54, 1.807) is 6.26 Å². The van der Waals surface area contributed by atoms with Gasteiger partial charge in [0.1, 0.15) is 5.76 Å². The van der Waals surface area contributed by atoms with Crippen LogP contribution in [0, 0.1) is 0 Å². The van der Waals surface area contributed by atoms with Crippen LogP contribution in [0.3, 0.4) is 0 Å². The lowest BCUT2D eigenvalue weighted by molar-refractivity contribution is 0.314. The Hall–Kier alpha value is -1.55. The fourth-order valence-electron chi connectivity index (χ4n) is 2.40. The molecule has 0 radical (unpaired) electrons. The van der Waals surface area contributed by atoms with Gasteiger partial charge in [0.2, 0.25) is 0 Å². The normalized spacial score (nSPS) is 15.3. The third-order valence-electron chi connectivity index (χ3n) is 3.63. The number of aryl methyl sites for hydroxylation is 1. The van der Waals surface area contributed by atoms with E-state index in [1.807, 2.05) is 12.1 Å². The molecule has 1 aliphatic carbocycles. The van der Waals surface area contributed by atoms with Gasteiger partial charge >= 0.3 is 0 Å². The van der Waals surface area contributed by atoms with Crippen LogP contribution in [0.4, 0.5) is 0 Å². The van der Waals surface area contributed by atoms with Crippen molar-refractivity contribution in [3.05, 3.63) is 41.6 Å². The smallest absolute Gasteiger partial charge is 0.103 e. The first-order valence-corrected chi connectivity index (χ1v) is 7.06. The Kier molecular flexibility index (Phi) is 3.69. The minimum atomic E-state index is 0.731. The van der Waals surface area contributed by atoms with Crippen LogP contribution >= 0.6 is 0 Å². The zero-order chi connectivity index (χ0) is 13.1. The van der Waals surface area contributed by atoms with Crippen LogP contribution in [0.5, 0.6) is 0 Å². The molecule has 2 aromatic heterocycles. The summed E-state index contributed by atoms with van der Waals surface area (Å²) in [5.41, 5.74) is 2.47. The van der Waals surface area contributed by atoms with Crippen molar-refractivity contribution in [2.24, 2.45) is 0 Å². The molecule has 0 atom stereocenters. The second-order valence-corrected chi connectivity index (χ2v) is 5.51. The molecule has 1 aliphatic rings. The molecule has 102 valence electrons. The average Bonchev–Trinajstić information content (AvgIpc) is 2.92. The first-order valence-electron chi connectivity index (χ1n) is 7.06. The Balaban J connectivity index is 1.41. The summed E-state index contributed by atoms with van der Waals surface area (Å²) in [4.78, 5) is 2.33. The Morgan fingerprint density at radius 3 is 3.11 bits per heavy atom. The monoisotopic (exact) mass is 259 g/mol. The number of H-pyrrole nitrogens is 1. The minimum Gasteiger partial charge on any atom is -0.469 e. The molecule has 1 fully saturated rings. The van der Waals surface area contributed by atoms with Crippen LogP contribution in [-0.4, -0.2) is 28.7 Å². The van der Waals surface area contributed by atoms with Crippen molar-refractivity contribution in [2.45, 2.75) is 38.1 Å². The van der Waals surface area contributed by atoms with Crippen molar-refractivity contribution < 1.29 is 4.42 Å². The third-order valence-corrected chi connectivity index (χ3v) is 3.63. The number of furan rings is 1. The fourth-order valence-corrected chi connectivity index (χ4v) is 2.40. The standard InChI is InChI=1S/C15H21N3O/c1-18(8-2-4-14-5-3-9-19-14)11-13-10-15(17-16-13)12-6-7-12/h3,5,9-10,12H,2,4,6-8,11H2,1H3,(H,16,17). The lowest BCUT2D eigenvalue weighted by Gasteiger charge is -2.14. The lowest BCUT2D eigenvalue weighted by Crippen LogP contribution is -2.19. The van der Waals surface area contributed by atoms with E-state index in [-0.39, 0.29) is 0 Å². The zero-order valence-corrected chi connectivity index (χ0v) is 11.4. The zero-order valence-electron chi connectivity index (χ0n) is 11.4. The maximum absolute atomic E-state index is 5.34. The Bertz CT molecular complexity index is 499. The van der Waals surface area contributed by atoms with Crippen molar-refractivity contribution in [3.63, 3.8) is 0 Å². The summed E-state index contributed by atoms with van der Waals surface area (Å²) >= 11 is 0. The number of hydrogen-bond donors (Lipinski definition) is 1. The predicted octanol–water partition coefficient (Wildman–Crippen LogP) is 2.94. The van der Waals surface area contributed by atoms with E-state index >= 15 is 0 Å². The van der Waals surface area contributed by atoms with E-state index in [9.17, 15) is 0 Å². The van der Waals surface area contributed by atoms with Gasteiger partial charge in [0.05, 0.1) is 12.0 Å². The summed E-state index contributed by atoms with van der Waals surface area (Å²) in [6.07, 6.45) is 6.48. The quantitative estimate of drug-likeness (QED) is 0.831. The molecule has 0 aromatic carbocycles. The molecule has 2 heterocycles. The van der Waals surface area contributed by atoms with E-state index < -0.39 is 0 Å². The van der Waals surface area contributed by atoms with Gasteiger partial charge < -0.3 is 9.32 Å². The van der Waals surface area contributed by atoms with E-state index in [4.69, 9.17) is 4.42 Å². The molecule has 0 saturated heterocycles. The van der Waals surface area contributed by atoms with E-state index in [0.717, 1.165) is 37.6 Å². The van der Waals surface area contributed by atoms with Gasteiger partial charge in [0.15, 0.2) is 0 Å². The minimum absolute atomic E-state index is 0.731. The topological polar surface area (TPSA) is 45.1 Å². The van der Waals surface area contributed by atoms with Gasteiger partial charge in [-0.3, -0.25) is 5.10 Å². The van der Waals surface area contributed by atoms with Crippen molar-refractivity contribution >= 4 is 0 Å². The molecule has 0 spiro atoms. The molecule has 0 aliphatic heterocycles. The highest BCUT2D eigenvalue weighted by Crippen LogP contribution is 2.39. The largest absolute Gasteiger partial charge is 0.469 e. The molecule has 0 unspecified atom stereocenters. The maximum Gasteiger partial charge on any atom is 0.103 e. The van der Waals surface area contributed by atoms with Crippen LogP contribution in [-0.2, 0) is 13.0 Å². The van der Waals surface area contributed by atoms with E-state index in [0.29, 0.717) is 0 Å². The molecular formula is C15H21N3O. The molecule has 1 saturated carbocycles. The summed E-state index contributed by atoms with van der Waals surface area (Å²) < 4.78 is 5.34. The molecule has 3 rings (SSSR count). The van der Waals surface area contributed by atoms with Gasteiger partial charge in [-0.05, 0) is 51.1 Å². The maximum atomic E-state index is 5.34. The van der Waals surface area contributed by atoms with Crippen molar-refractivity contribution in [1.82, 2.24) is 15.1 Å². The summed E-state index contributed by atoms with van der Waals surface area (Å²) in [6.45, 7) is 2.01. The second-order valence-electron chi connectivity index (χ2n) is 5.51. The Morgan fingerprint density at radius 2 is 2.37 bits per heavy atom. The molecule has 0 amide bonds. The first kappa shape index (κ1) is 12.5. The summed E-state index contributed by atoms with van der Waals surface area (Å²) in [7, 11) is 2.15. The van der Waals surface area contributed by atoms with Gasteiger partial charge in [0.25, 0.3) is 0 Å². The van der Waals surface area contributed by atoms with E-state index in [1.165, 1.54) is 24.2 Å². The van der Waals surface area contributed by atoms with Crippen LogP contribution in [0.15, 0.2) is 28.9 Å². The van der Waals surface area contributed by atoms with Gasteiger partial charge in [0, 0.05) is 24.6 Å². The van der Waals surface area contributed by atoms with Gasteiger partial charge in [-0.15, -0.1) is 0 Å². The first-order chi connectivity index (χ1) is 9.31. The fraction of sp³-hybridized carbons (Fsp3) is 0.533. The number of nitrogens with zero attached hydrogens (tertiary/aromatic N) is 2. The average molecular weight is 259 g/mol. The van der Waals surface area contributed by atoms with Crippen LogP contribution in [0.2, 0.25) is 0 Å². The van der Waals surface area contributed by atoms with Crippen molar-refractivity contribution in [3.8, 4) is 0 Å². The highest BCUT2D eigenvalue weighted by Gasteiger charge is 2.26. The molecule has 0 bridgehead atoms. The molecular weight excluding hydrogens is 238 g/mol. The van der Waals surface area contributed by atoms with Crippen molar-refractivity contribution in [1.29, 1.82) is 0 Å². The van der Waals surface area contributed by atoms with Crippen LogP contribution < -0.4 is 0 Å². The molecule has 19 heavy (non-hydrogen) atoms. The van der Waals surface area contributed by atoms with E-state index in [2.05, 4.69) is 28.2 Å². The Morgan fingerprint density at radius 1 is 1.47 bits per heavy atom. The summed E-state index contributed by atoms with van der Waals surface area (Å²) in [5.74, 6) is 1.81. The number of aromatic nitrogens is 2. The molecule has 1 N–H and O–H groups in total. The second kappa shape index (κ2) is 5.61. The lowest BCUT2D eigenvalue weighted by atomic mass is 10.2. The SMILES string of the molecule is CN(CCCc1ccco1)Cc1cc(C2CC2)n[nH]1. The van der Waals surface area contributed by atoms with Crippen LogP contribution in [0.1, 0.15) is 42.3 Å². The Labute approximate surface area is 113 Å². The van der Waals surface area contributed by atoms with Gasteiger partial charge in [-0.1, -0.05) is 0 Å². The summed E-state index contributed by atoms with van der Waals surface area (Å²) in [5, 5.41) is 7.54. The van der Waals surface area contributed by atoms with Crippen molar-refractivity contribution in [2.75, 3.05) is 13.6 Å². The highest BCUT2D eigenvalue weighted by molar-refractivity contribution is 5.17. The summed E-state index contributed by atoms with van der Waals surface area (Å²) in [6, 6.07) is 6.21. The number of rotatable bonds is 7.